The third-order valence-electron chi connectivity index (χ3n) is 4.93. The lowest BCUT2D eigenvalue weighted by atomic mass is 10.0. The molecule has 0 bridgehead atoms. The van der Waals surface area contributed by atoms with Crippen LogP contribution in [0.3, 0.4) is 0 Å². The zero-order valence-corrected chi connectivity index (χ0v) is 18.2. The molecule has 0 aliphatic heterocycles. The predicted octanol–water partition coefficient (Wildman–Crippen LogP) is 4.53. The average molecular weight is 407 g/mol. The van der Waals surface area contributed by atoms with Gasteiger partial charge < -0.3 is 0 Å². The van der Waals surface area contributed by atoms with Crippen LogP contribution in [0.15, 0.2) is 58.5 Å². The Balaban J connectivity index is 1.83. The number of carbonyl (C=O) groups excluding carboxylic acids is 1. The lowest BCUT2D eigenvalue weighted by Gasteiger charge is -2.13. The Morgan fingerprint density at radius 1 is 1.07 bits per heavy atom. The van der Waals surface area contributed by atoms with Gasteiger partial charge in [0.25, 0.3) is 5.56 Å². The first-order chi connectivity index (χ1) is 13.9. The summed E-state index contributed by atoms with van der Waals surface area (Å²) < 4.78 is 1.57. The predicted molar refractivity (Wildman–Crippen MR) is 119 cm³/mol. The van der Waals surface area contributed by atoms with Crippen LogP contribution in [0.2, 0.25) is 0 Å². The zero-order valence-electron chi connectivity index (χ0n) is 17.4. The molecule has 0 spiro atoms. The molecule has 0 radical (unpaired) electrons. The second-order valence-corrected chi connectivity index (χ2v) is 8.22. The maximum atomic E-state index is 13.0. The maximum Gasteiger partial charge on any atom is 0.257 e. The fourth-order valence-corrected chi connectivity index (χ4v) is 4.13. The normalized spacial score (nSPS) is 10.9. The van der Waals surface area contributed by atoms with Crippen molar-refractivity contribution in [3.63, 3.8) is 0 Å². The topological polar surface area (TPSA) is 52.0 Å². The number of aryl methyl sites for hydroxylation is 3. The summed E-state index contributed by atoms with van der Waals surface area (Å²) in [4.78, 5) is 30.2. The van der Waals surface area contributed by atoms with Gasteiger partial charge in [0.15, 0.2) is 10.9 Å². The summed E-state index contributed by atoms with van der Waals surface area (Å²) in [7, 11) is 1.73. The van der Waals surface area contributed by atoms with Gasteiger partial charge in [-0.3, -0.25) is 14.2 Å². The Morgan fingerprint density at radius 3 is 2.45 bits per heavy atom. The number of hydrogen-bond donors (Lipinski definition) is 0. The molecule has 0 saturated heterocycles. The van der Waals surface area contributed by atoms with Gasteiger partial charge in [-0.05, 0) is 25.8 Å². The van der Waals surface area contributed by atoms with Crippen molar-refractivity contribution < 1.29 is 4.79 Å². The fraction of sp³-hybridized carbons (Fsp3) is 0.292. The fourth-order valence-electron chi connectivity index (χ4n) is 3.25. The number of thioether (sulfide) groups is 1. The molecule has 0 saturated carbocycles. The molecule has 3 aromatic rings. The molecule has 0 atom stereocenters. The number of nitrogens with zero attached hydrogens (tertiary/aromatic N) is 2. The van der Waals surface area contributed by atoms with Crippen LogP contribution in [-0.4, -0.2) is 21.1 Å². The standard InChI is InChI=1S/C24H26N2O2S/c1-5-21-20(14-18-8-6-7-17(3)13-18)23(28)26(4)24(25-21)29-15-22(27)19-11-9-16(2)10-12-19/h6-13H,5,14-15H2,1-4H3. The second-order valence-electron chi connectivity index (χ2n) is 7.28. The van der Waals surface area contributed by atoms with Gasteiger partial charge in [0.2, 0.25) is 0 Å². The van der Waals surface area contributed by atoms with E-state index in [0.717, 1.165) is 22.4 Å². The molecule has 2 aromatic carbocycles. The van der Waals surface area contributed by atoms with Crippen molar-refractivity contribution in [3.8, 4) is 0 Å². The quantitative estimate of drug-likeness (QED) is 0.329. The molecule has 29 heavy (non-hydrogen) atoms. The van der Waals surface area contributed by atoms with E-state index in [4.69, 9.17) is 4.98 Å². The van der Waals surface area contributed by atoms with Gasteiger partial charge in [-0.25, -0.2) is 4.98 Å². The largest absolute Gasteiger partial charge is 0.293 e. The Bertz CT molecular complexity index is 1090. The summed E-state index contributed by atoms with van der Waals surface area (Å²) in [6.45, 7) is 6.05. The number of benzene rings is 2. The number of rotatable bonds is 7. The number of carbonyl (C=O) groups is 1. The molecule has 1 aromatic heterocycles. The van der Waals surface area contributed by atoms with E-state index in [2.05, 4.69) is 6.07 Å². The summed E-state index contributed by atoms with van der Waals surface area (Å²) in [5.41, 5.74) is 5.58. The number of hydrogen-bond acceptors (Lipinski definition) is 4. The van der Waals surface area contributed by atoms with E-state index in [9.17, 15) is 9.59 Å². The molecule has 4 nitrogen and oxygen atoms in total. The Labute approximate surface area is 176 Å². The molecule has 5 heteroatoms. The van der Waals surface area contributed by atoms with Gasteiger partial charge in [-0.2, -0.15) is 0 Å². The van der Waals surface area contributed by atoms with Crippen molar-refractivity contribution >= 4 is 17.5 Å². The molecular formula is C24H26N2O2S. The van der Waals surface area contributed by atoms with E-state index in [-0.39, 0.29) is 17.1 Å². The van der Waals surface area contributed by atoms with Gasteiger partial charge in [-0.15, -0.1) is 0 Å². The highest BCUT2D eigenvalue weighted by atomic mass is 32.2. The van der Waals surface area contributed by atoms with Crippen molar-refractivity contribution in [3.05, 3.63) is 92.4 Å². The first-order valence-corrected chi connectivity index (χ1v) is 10.7. The molecule has 150 valence electrons. The summed E-state index contributed by atoms with van der Waals surface area (Å²) in [6.07, 6.45) is 1.24. The van der Waals surface area contributed by atoms with E-state index >= 15 is 0 Å². The van der Waals surface area contributed by atoms with E-state index in [0.29, 0.717) is 23.6 Å². The highest BCUT2D eigenvalue weighted by Gasteiger charge is 2.16. The van der Waals surface area contributed by atoms with Gasteiger partial charge in [-0.1, -0.05) is 78.3 Å². The molecular weight excluding hydrogens is 380 g/mol. The minimum atomic E-state index is -0.0383. The minimum absolute atomic E-state index is 0.0335. The molecule has 1 heterocycles. The van der Waals surface area contributed by atoms with Crippen LogP contribution in [0.25, 0.3) is 0 Å². The highest BCUT2D eigenvalue weighted by Crippen LogP contribution is 2.19. The van der Waals surface area contributed by atoms with Crippen molar-refractivity contribution in [1.82, 2.24) is 9.55 Å². The number of aromatic nitrogens is 2. The van der Waals surface area contributed by atoms with Crippen LogP contribution in [0.5, 0.6) is 0 Å². The smallest absolute Gasteiger partial charge is 0.257 e. The zero-order chi connectivity index (χ0) is 21.0. The summed E-state index contributed by atoms with van der Waals surface area (Å²) in [5, 5.41) is 0.584. The third-order valence-corrected chi connectivity index (χ3v) is 5.96. The Hall–Kier alpha value is -2.66. The van der Waals surface area contributed by atoms with Gasteiger partial charge in [0, 0.05) is 24.6 Å². The van der Waals surface area contributed by atoms with Gasteiger partial charge >= 0.3 is 0 Å². The van der Waals surface area contributed by atoms with Crippen LogP contribution in [0, 0.1) is 13.8 Å². The first kappa shape index (κ1) is 21.1. The van der Waals surface area contributed by atoms with Crippen molar-refractivity contribution in [1.29, 1.82) is 0 Å². The Kier molecular flexibility index (Phi) is 6.70. The van der Waals surface area contributed by atoms with Crippen molar-refractivity contribution in [2.45, 2.75) is 38.8 Å². The summed E-state index contributed by atoms with van der Waals surface area (Å²) >= 11 is 1.32. The Morgan fingerprint density at radius 2 is 1.79 bits per heavy atom. The number of Topliss-reactive ketones (excluding diaryl/α,β-unsaturated/α-hetero) is 1. The summed E-state index contributed by atoms with van der Waals surface area (Å²) in [5.74, 6) is 0.287. The van der Waals surface area contributed by atoms with Crippen molar-refractivity contribution in [2.75, 3.05) is 5.75 Å². The van der Waals surface area contributed by atoms with E-state index in [1.54, 1.807) is 11.6 Å². The lowest BCUT2D eigenvalue weighted by molar-refractivity contribution is 0.102. The molecule has 0 unspecified atom stereocenters. The SMILES string of the molecule is CCc1nc(SCC(=O)c2ccc(C)cc2)n(C)c(=O)c1Cc1cccc(C)c1. The molecule has 0 fully saturated rings. The highest BCUT2D eigenvalue weighted by molar-refractivity contribution is 7.99. The third kappa shape index (κ3) is 5.04. The maximum absolute atomic E-state index is 13.0. The first-order valence-electron chi connectivity index (χ1n) is 9.76. The molecule has 0 aliphatic rings. The van der Waals surface area contributed by atoms with E-state index in [1.165, 1.54) is 17.3 Å². The average Bonchev–Trinajstić information content (AvgIpc) is 2.71. The second kappa shape index (κ2) is 9.23. The van der Waals surface area contributed by atoms with Gasteiger partial charge in [0.1, 0.15) is 0 Å². The minimum Gasteiger partial charge on any atom is -0.293 e. The van der Waals surface area contributed by atoms with Crippen LogP contribution in [0.1, 0.15) is 45.2 Å². The van der Waals surface area contributed by atoms with Crippen molar-refractivity contribution in [2.24, 2.45) is 7.05 Å². The van der Waals surface area contributed by atoms with Crippen LogP contribution < -0.4 is 5.56 Å². The van der Waals surface area contributed by atoms with E-state index in [1.807, 2.05) is 63.2 Å². The molecule has 3 rings (SSSR count). The number of ketones is 1. The van der Waals surface area contributed by atoms with Crippen LogP contribution in [-0.2, 0) is 19.9 Å². The molecule has 0 N–H and O–H groups in total. The van der Waals surface area contributed by atoms with Crippen LogP contribution >= 0.6 is 11.8 Å². The monoisotopic (exact) mass is 406 g/mol. The molecule has 0 amide bonds. The van der Waals surface area contributed by atoms with Gasteiger partial charge in [0.05, 0.1) is 11.4 Å². The lowest BCUT2D eigenvalue weighted by Crippen LogP contribution is -2.27. The molecule has 0 aliphatic carbocycles. The van der Waals surface area contributed by atoms with Crippen LogP contribution in [0.4, 0.5) is 0 Å². The summed E-state index contributed by atoms with van der Waals surface area (Å²) in [6, 6.07) is 15.7. The van der Waals surface area contributed by atoms with E-state index < -0.39 is 0 Å².